The van der Waals surface area contributed by atoms with E-state index in [9.17, 15) is 0 Å². The predicted octanol–water partition coefficient (Wildman–Crippen LogP) is 3.20. The lowest BCUT2D eigenvalue weighted by molar-refractivity contribution is -0.113. The molecule has 0 heterocycles. The second-order valence-electron chi connectivity index (χ2n) is 5.42. The molecule has 0 saturated heterocycles. The Labute approximate surface area is 130 Å². The summed E-state index contributed by atoms with van der Waals surface area (Å²) in [5.41, 5.74) is 9.10. The fourth-order valence-corrected chi connectivity index (χ4v) is 2.41. The Morgan fingerprint density at radius 3 is 2.15 bits per heavy atom. The fourth-order valence-electron chi connectivity index (χ4n) is 2.18. The van der Waals surface area contributed by atoms with Gasteiger partial charge in [-0.05, 0) is 44.0 Å². The third-order valence-corrected chi connectivity index (χ3v) is 4.73. The van der Waals surface area contributed by atoms with E-state index in [1.165, 1.54) is 11.1 Å². The summed E-state index contributed by atoms with van der Waals surface area (Å²) < 4.78 is 11.7. The number of hydrogen-bond acceptors (Lipinski definition) is 4. The molecule has 1 atom stereocenters. The molecule has 0 aliphatic heterocycles. The molecule has 1 unspecified atom stereocenters. The van der Waals surface area contributed by atoms with Crippen LogP contribution in [0.15, 0.2) is 16.6 Å². The topological polar surface area (TPSA) is 56.5 Å². The van der Waals surface area contributed by atoms with Gasteiger partial charge in [-0.2, -0.15) is 0 Å². The molecule has 0 aliphatic rings. The zero-order chi connectivity index (χ0) is 15.3. The molecule has 20 heavy (non-hydrogen) atoms. The second kappa shape index (κ2) is 7.41. The minimum Gasteiger partial charge on any atom is -0.378 e. The summed E-state index contributed by atoms with van der Waals surface area (Å²) in [5.74, 6) is 0. The van der Waals surface area contributed by atoms with Crippen molar-refractivity contribution >= 4 is 21.6 Å². The SMILES string of the molecule is COC(CC(C)(CN)Nc1cc(C)c(Br)c(C)c1)OC. The summed E-state index contributed by atoms with van der Waals surface area (Å²) in [6.45, 7) is 6.72. The number of halogens is 1. The van der Waals surface area contributed by atoms with Crippen molar-refractivity contribution in [3.8, 4) is 0 Å². The van der Waals surface area contributed by atoms with Crippen LogP contribution in [0, 0.1) is 13.8 Å². The number of methoxy groups -OCH3 is 2. The summed E-state index contributed by atoms with van der Waals surface area (Å²) in [6, 6.07) is 4.22. The summed E-state index contributed by atoms with van der Waals surface area (Å²) in [7, 11) is 3.28. The van der Waals surface area contributed by atoms with Gasteiger partial charge in [-0.25, -0.2) is 0 Å². The molecule has 114 valence electrons. The number of rotatable bonds is 7. The summed E-state index contributed by atoms with van der Waals surface area (Å²) in [5, 5.41) is 3.51. The molecule has 0 bridgehead atoms. The highest BCUT2D eigenvalue weighted by Crippen LogP contribution is 2.28. The number of nitrogens with one attached hydrogen (secondary N) is 1. The van der Waals surface area contributed by atoms with Crippen molar-refractivity contribution in [1.82, 2.24) is 0 Å². The van der Waals surface area contributed by atoms with Crippen molar-refractivity contribution in [2.45, 2.75) is 39.0 Å². The average molecular weight is 345 g/mol. The molecule has 0 aliphatic carbocycles. The van der Waals surface area contributed by atoms with Crippen molar-refractivity contribution in [3.63, 3.8) is 0 Å². The molecule has 3 N–H and O–H groups in total. The molecular weight excluding hydrogens is 320 g/mol. The number of ether oxygens (including phenoxy) is 2. The smallest absolute Gasteiger partial charge is 0.159 e. The third-order valence-electron chi connectivity index (χ3n) is 3.48. The second-order valence-corrected chi connectivity index (χ2v) is 6.21. The highest BCUT2D eigenvalue weighted by Gasteiger charge is 2.27. The van der Waals surface area contributed by atoms with E-state index >= 15 is 0 Å². The van der Waals surface area contributed by atoms with Crippen LogP contribution in [0.2, 0.25) is 0 Å². The predicted molar refractivity (Wildman–Crippen MR) is 87.1 cm³/mol. The maximum absolute atomic E-state index is 5.94. The average Bonchev–Trinajstić information content (AvgIpc) is 2.42. The molecule has 1 aromatic carbocycles. The van der Waals surface area contributed by atoms with Crippen molar-refractivity contribution in [1.29, 1.82) is 0 Å². The van der Waals surface area contributed by atoms with E-state index in [4.69, 9.17) is 15.2 Å². The quantitative estimate of drug-likeness (QED) is 0.745. The van der Waals surface area contributed by atoms with E-state index in [-0.39, 0.29) is 11.8 Å². The van der Waals surface area contributed by atoms with Crippen LogP contribution >= 0.6 is 15.9 Å². The number of benzene rings is 1. The molecule has 0 aromatic heterocycles. The van der Waals surface area contributed by atoms with Crippen LogP contribution in [0.3, 0.4) is 0 Å². The van der Waals surface area contributed by atoms with Crippen LogP contribution in [0.4, 0.5) is 5.69 Å². The molecule has 0 saturated carbocycles. The standard InChI is InChI=1S/C15H25BrN2O2/c1-10-6-12(7-11(2)14(10)16)18-15(3,9-17)8-13(19-4)20-5/h6-7,13,18H,8-9,17H2,1-5H3. The van der Waals surface area contributed by atoms with Gasteiger partial charge >= 0.3 is 0 Å². The van der Waals surface area contributed by atoms with Crippen LogP contribution in [-0.4, -0.2) is 32.6 Å². The zero-order valence-corrected chi connectivity index (χ0v) is 14.5. The van der Waals surface area contributed by atoms with Gasteiger partial charge in [0.15, 0.2) is 6.29 Å². The van der Waals surface area contributed by atoms with Crippen molar-refractivity contribution in [2.75, 3.05) is 26.1 Å². The summed E-state index contributed by atoms with van der Waals surface area (Å²) >= 11 is 3.58. The summed E-state index contributed by atoms with van der Waals surface area (Å²) in [4.78, 5) is 0. The summed E-state index contributed by atoms with van der Waals surface area (Å²) in [6.07, 6.45) is 0.402. The molecule has 0 amide bonds. The van der Waals surface area contributed by atoms with E-state index in [1.54, 1.807) is 14.2 Å². The van der Waals surface area contributed by atoms with Crippen LogP contribution in [0.1, 0.15) is 24.5 Å². The Bertz CT molecular complexity index is 426. The van der Waals surface area contributed by atoms with Gasteiger partial charge in [0.25, 0.3) is 0 Å². The Hall–Kier alpha value is -0.620. The normalized spacial score (nSPS) is 14.4. The first-order valence-corrected chi connectivity index (χ1v) is 7.45. The van der Waals surface area contributed by atoms with Gasteiger partial charge < -0.3 is 20.5 Å². The maximum atomic E-state index is 5.94. The van der Waals surface area contributed by atoms with Crippen LogP contribution in [0.25, 0.3) is 0 Å². The molecule has 5 heteroatoms. The van der Waals surface area contributed by atoms with Gasteiger partial charge in [-0.15, -0.1) is 0 Å². The van der Waals surface area contributed by atoms with Crippen molar-refractivity contribution < 1.29 is 9.47 Å². The first-order valence-electron chi connectivity index (χ1n) is 6.66. The van der Waals surface area contributed by atoms with Crippen molar-refractivity contribution in [3.05, 3.63) is 27.7 Å². The van der Waals surface area contributed by atoms with E-state index in [0.29, 0.717) is 13.0 Å². The fraction of sp³-hybridized carbons (Fsp3) is 0.600. The highest BCUT2D eigenvalue weighted by molar-refractivity contribution is 9.10. The lowest BCUT2D eigenvalue weighted by Gasteiger charge is -2.33. The zero-order valence-electron chi connectivity index (χ0n) is 12.9. The Kier molecular flexibility index (Phi) is 6.45. The molecule has 0 radical (unpaired) electrons. The van der Waals surface area contributed by atoms with Gasteiger partial charge in [0, 0.05) is 37.3 Å². The number of hydrogen-bond donors (Lipinski definition) is 2. The first kappa shape index (κ1) is 17.4. The van der Waals surface area contributed by atoms with Crippen molar-refractivity contribution in [2.24, 2.45) is 5.73 Å². The van der Waals surface area contributed by atoms with E-state index < -0.39 is 0 Å². The molecule has 1 rings (SSSR count). The van der Waals surface area contributed by atoms with Crippen LogP contribution in [0.5, 0.6) is 0 Å². The largest absolute Gasteiger partial charge is 0.378 e. The van der Waals surface area contributed by atoms with Crippen LogP contribution < -0.4 is 11.1 Å². The van der Waals surface area contributed by atoms with Gasteiger partial charge in [0.1, 0.15) is 0 Å². The molecule has 4 nitrogen and oxygen atoms in total. The molecule has 1 aromatic rings. The number of anilines is 1. The minimum absolute atomic E-state index is 0.270. The van der Waals surface area contributed by atoms with E-state index in [1.807, 2.05) is 0 Å². The van der Waals surface area contributed by atoms with E-state index in [0.717, 1.165) is 10.2 Å². The number of aryl methyl sites for hydroxylation is 2. The lowest BCUT2D eigenvalue weighted by Crippen LogP contribution is -2.46. The Morgan fingerprint density at radius 1 is 1.25 bits per heavy atom. The highest BCUT2D eigenvalue weighted by atomic mass is 79.9. The molecule has 0 fully saturated rings. The van der Waals surface area contributed by atoms with Gasteiger partial charge in [0.05, 0.1) is 5.54 Å². The first-order chi connectivity index (χ1) is 9.35. The monoisotopic (exact) mass is 344 g/mol. The molecular formula is C15H25BrN2O2. The Morgan fingerprint density at radius 2 is 1.75 bits per heavy atom. The van der Waals surface area contributed by atoms with Gasteiger partial charge in [-0.1, -0.05) is 15.9 Å². The van der Waals surface area contributed by atoms with E-state index in [2.05, 4.69) is 54.2 Å². The minimum atomic E-state index is -0.288. The van der Waals surface area contributed by atoms with Gasteiger partial charge in [0.2, 0.25) is 0 Å². The van der Waals surface area contributed by atoms with Gasteiger partial charge in [-0.3, -0.25) is 0 Å². The maximum Gasteiger partial charge on any atom is 0.159 e. The Balaban J connectivity index is 2.92. The lowest BCUT2D eigenvalue weighted by atomic mass is 9.96. The molecule has 0 spiro atoms. The number of nitrogens with two attached hydrogens (primary N) is 1. The third kappa shape index (κ3) is 4.45. The van der Waals surface area contributed by atoms with Crippen LogP contribution in [-0.2, 0) is 9.47 Å².